The van der Waals surface area contributed by atoms with Gasteiger partial charge in [-0.05, 0) is 57.8 Å². The lowest BCUT2D eigenvalue weighted by Crippen LogP contribution is -2.55. The second-order valence-electron chi connectivity index (χ2n) is 12.7. The Labute approximate surface area is 268 Å². The molecule has 1 amide bonds. The van der Waals surface area contributed by atoms with Crippen LogP contribution >= 0.6 is 11.6 Å². The van der Waals surface area contributed by atoms with Crippen LogP contribution in [0.3, 0.4) is 0 Å². The highest BCUT2D eigenvalue weighted by Crippen LogP contribution is 2.50. The molecule has 1 saturated carbocycles. The molecule has 45 heavy (non-hydrogen) atoms. The third kappa shape index (κ3) is 6.03. The fraction of sp³-hybridized carbons (Fsp3) is 0.471. The molecule has 3 aliphatic rings. The molecule has 11 heteroatoms. The van der Waals surface area contributed by atoms with E-state index in [0.29, 0.717) is 49.7 Å². The second-order valence-corrected chi connectivity index (χ2v) is 13.1. The molecule has 0 N–H and O–H groups in total. The predicted octanol–water partition coefficient (Wildman–Crippen LogP) is 5.37. The van der Waals surface area contributed by atoms with Crippen molar-refractivity contribution < 1.29 is 13.9 Å². The molecule has 0 bridgehead atoms. The SMILES string of the molecule is C=C(F)C(=O)N1CCN(c2nc(OCC3([C@H](C)N(C)C)CC3)nc3c2CCN(c2cccc4cccc(Cl)c24)C3)C[C@@H]1CC#N. The van der Waals surface area contributed by atoms with Crippen molar-refractivity contribution >= 4 is 39.8 Å². The lowest BCUT2D eigenvalue weighted by Gasteiger charge is -2.42. The quantitative estimate of drug-likeness (QED) is 0.291. The fourth-order valence-corrected chi connectivity index (χ4v) is 7.09. The van der Waals surface area contributed by atoms with Gasteiger partial charge in [0.2, 0.25) is 0 Å². The van der Waals surface area contributed by atoms with E-state index in [1.807, 2.05) is 18.2 Å². The smallest absolute Gasteiger partial charge is 0.318 e. The van der Waals surface area contributed by atoms with Crippen LogP contribution in [0.2, 0.25) is 5.02 Å². The van der Waals surface area contributed by atoms with Crippen molar-refractivity contribution in [3.05, 3.63) is 65.1 Å². The van der Waals surface area contributed by atoms with Gasteiger partial charge in [0.05, 0.1) is 42.4 Å². The van der Waals surface area contributed by atoms with Gasteiger partial charge in [0.25, 0.3) is 5.91 Å². The first-order valence-corrected chi connectivity index (χ1v) is 15.9. The zero-order valence-electron chi connectivity index (χ0n) is 26.1. The molecule has 0 unspecified atom stereocenters. The average Bonchev–Trinajstić information content (AvgIpc) is 3.83. The maximum absolute atomic E-state index is 13.8. The van der Waals surface area contributed by atoms with Gasteiger partial charge in [-0.1, -0.05) is 42.4 Å². The standard InChI is InChI=1S/C34H39ClFN7O2/c1-22(36)32(44)43-18-17-42(19-25(43)11-15-37)31-26-12-16-41(29-10-6-8-24-7-5-9-27(35)30(24)29)20-28(26)38-33(39-31)45-21-34(13-14-34)23(2)40(3)4/h5-10,23,25H,1,11-14,16-21H2,2-4H3/t23-,25-/m0/s1. The Morgan fingerprint density at radius 2 is 1.96 bits per heavy atom. The van der Waals surface area contributed by atoms with Crippen LogP contribution < -0.4 is 14.5 Å². The fourth-order valence-electron chi connectivity index (χ4n) is 6.81. The Bertz CT molecular complexity index is 1660. The number of ether oxygens (including phenoxy) is 1. The van der Waals surface area contributed by atoms with Crippen LogP contribution in [0.4, 0.5) is 15.9 Å². The number of hydrogen-bond donors (Lipinski definition) is 0. The van der Waals surface area contributed by atoms with E-state index < -0.39 is 17.8 Å². The first kappa shape index (κ1) is 31.1. The number of piperazine rings is 1. The molecule has 2 aromatic carbocycles. The summed E-state index contributed by atoms with van der Waals surface area (Å²) in [5.41, 5.74) is 3.02. The molecular weight excluding hydrogens is 593 g/mol. The van der Waals surface area contributed by atoms with E-state index in [1.165, 1.54) is 4.90 Å². The third-order valence-electron chi connectivity index (χ3n) is 9.84. The van der Waals surface area contributed by atoms with Crippen LogP contribution in [-0.4, -0.2) is 84.6 Å². The van der Waals surface area contributed by atoms with Crippen molar-refractivity contribution in [2.75, 3.05) is 56.7 Å². The van der Waals surface area contributed by atoms with E-state index in [0.717, 1.165) is 52.9 Å². The summed E-state index contributed by atoms with van der Waals surface area (Å²) in [7, 11) is 4.18. The van der Waals surface area contributed by atoms with E-state index in [2.05, 4.69) is 66.6 Å². The summed E-state index contributed by atoms with van der Waals surface area (Å²) in [5, 5.41) is 12.3. The highest BCUT2D eigenvalue weighted by atomic mass is 35.5. The van der Waals surface area contributed by atoms with Crippen LogP contribution in [0.25, 0.3) is 10.8 Å². The van der Waals surface area contributed by atoms with Gasteiger partial charge in [-0.25, -0.2) is 4.39 Å². The van der Waals surface area contributed by atoms with Crippen molar-refractivity contribution in [1.82, 2.24) is 19.8 Å². The summed E-state index contributed by atoms with van der Waals surface area (Å²) < 4.78 is 20.3. The van der Waals surface area contributed by atoms with E-state index in [9.17, 15) is 14.4 Å². The van der Waals surface area contributed by atoms with Crippen molar-refractivity contribution in [3.8, 4) is 12.1 Å². The number of amides is 1. The Balaban J connectivity index is 1.34. The van der Waals surface area contributed by atoms with Gasteiger partial charge < -0.3 is 24.3 Å². The largest absolute Gasteiger partial charge is 0.463 e. The highest BCUT2D eigenvalue weighted by molar-refractivity contribution is 6.36. The zero-order valence-corrected chi connectivity index (χ0v) is 26.9. The van der Waals surface area contributed by atoms with Crippen LogP contribution in [0.1, 0.15) is 37.4 Å². The van der Waals surface area contributed by atoms with E-state index in [4.69, 9.17) is 26.3 Å². The number of rotatable bonds is 9. The lowest BCUT2D eigenvalue weighted by atomic mass is 9.98. The van der Waals surface area contributed by atoms with E-state index in [-0.39, 0.29) is 18.4 Å². The number of aromatic nitrogens is 2. The lowest BCUT2D eigenvalue weighted by molar-refractivity contribution is -0.131. The molecule has 3 aromatic rings. The molecule has 0 radical (unpaired) electrons. The van der Waals surface area contributed by atoms with Crippen LogP contribution in [0.5, 0.6) is 6.01 Å². The molecule has 3 heterocycles. The Morgan fingerprint density at radius 3 is 2.64 bits per heavy atom. The van der Waals surface area contributed by atoms with Crippen molar-refractivity contribution in [1.29, 1.82) is 5.26 Å². The number of anilines is 2. The van der Waals surface area contributed by atoms with Gasteiger partial charge in [-0.15, -0.1) is 0 Å². The maximum atomic E-state index is 13.8. The minimum absolute atomic E-state index is 0.0628. The molecule has 2 fully saturated rings. The highest BCUT2D eigenvalue weighted by Gasteiger charge is 2.49. The minimum Gasteiger partial charge on any atom is -0.463 e. The minimum atomic E-state index is -1.02. The number of nitriles is 1. The van der Waals surface area contributed by atoms with E-state index >= 15 is 0 Å². The first-order chi connectivity index (χ1) is 21.6. The van der Waals surface area contributed by atoms with Crippen LogP contribution in [0.15, 0.2) is 48.8 Å². The zero-order chi connectivity index (χ0) is 31.9. The molecule has 0 spiro atoms. The summed E-state index contributed by atoms with van der Waals surface area (Å²) >= 11 is 6.70. The molecule has 1 aromatic heterocycles. The van der Waals surface area contributed by atoms with Gasteiger partial charge in [0, 0.05) is 54.3 Å². The molecule has 1 saturated heterocycles. The number of halogens is 2. The third-order valence-corrected chi connectivity index (χ3v) is 10.2. The molecule has 9 nitrogen and oxygen atoms in total. The van der Waals surface area contributed by atoms with Gasteiger partial charge >= 0.3 is 6.01 Å². The van der Waals surface area contributed by atoms with Crippen molar-refractivity contribution in [2.24, 2.45) is 5.41 Å². The molecule has 2 atom stereocenters. The predicted molar refractivity (Wildman–Crippen MR) is 174 cm³/mol. The topological polar surface area (TPSA) is 88.8 Å². The molecule has 1 aliphatic carbocycles. The van der Waals surface area contributed by atoms with Gasteiger partial charge in [0.15, 0.2) is 5.83 Å². The molecule has 6 rings (SSSR count). The monoisotopic (exact) mass is 631 g/mol. The van der Waals surface area contributed by atoms with Crippen molar-refractivity contribution in [3.63, 3.8) is 0 Å². The summed E-state index contributed by atoms with van der Waals surface area (Å²) in [6, 6.07) is 14.5. The van der Waals surface area contributed by atoms with Gasteiger partial charge in [0.1, 0.15) is 5.82 Å². The number of nitrogens with zero attached hydrogens (tertiary/aromatic N) is 7. The van der Waals surface area contributed by atoms with Crippen molar-refractivity contribution in [2.45, 2.75) is 51.2 Å². The summed E-state index contributed by atoms with van der Waals surface area (Å²) in [6.07, 6.45) is 2.94. The van der Waals surface area contributed by atoms with Crippen LogP contribution in [-0.2, 0) is 17.8 Å². The maximum Gasteiger partial charge on any atom is 0.318 e. The number of hydrogen-bond acceptors (Lipinski definition) is 8. The average molecular weight is 632 g/mol. The number of benzene rings is 2. The Kier molecular flexibility index (Phi) is 8.59. The first-order valence-electron chi connectivity index (χ1n) is 15.5. The number of fused-ring (bicyclic) bond motifs is 2. The summed E-state index contributed by atoms with van der Waals surface area (Å²) in [5.74, 6) is -1.03. The summed E-state index contributed by atoms with van der Waals surface area (Å²) in [6.45, 7) is 8.26. The van der Waals surface area contributed by atoms with E-state index in [1.54, 1.807) is 0 Å². The number of carbonyl (C=O) groups excluding carboxylic acids is 1. The Hall–Kier alpha value is -3.94. The second kappa shape index (κ2) is 12.5. The molecular formula is C34H39ClFN7O2. The molecule has 2 aliphatic heterocycles. The van der Waals surface area contributed by atoms with Crippen LogP contribution in [0, 0.1) is 16.7 Å². The van der Waals surface area contributed by atoms with Gasteiger partial charge in [-0.3, -0.25) is 4.79 Å². The summed E-state index contributed by atoms with van der Waals surface area (Å²) in [4.78, 5) is 30.5. The normalized spacial score (nSPS) is 19.7. The Morgan fingerprint density at radius 1 is 1.20 bits per heavy atom. The molecule has 236 valence electrons. The number of carbonyl (C=O) groups is 1. The van der Waals surface area contributed by atoms with Gasteiger partial charge in [-0.2, -0.15) is 15.2 Å².